The lowest BCUT2D eigenvalue weighted by Crippen LogP contribution is -2.32. The summed E-state index contributed by atoms with van der Waals surface area (Å²) in [7, 11) is 3.25. The van der Waals surface area contributed by atoms with Crippen molar-refractivity contribution < 1.29 is 14.6 Å². The molecule has 0 saturated heterocycles. The summed E-state index contributed by atoms with van der Waals surface area (Å²) in [5.41, 5.74) is 0.0619. The van der Waals surface area contributed by atoms with E-state index in [1.807, 2.05) is 12.1 Å². The van der Waals surface area contributed by atoms with Crippen molar-refractivity contribution in [1.82, 2.24) is 0 Å². The zero-order valence-corrected chi connectivity index (χ0v) is 13.3. The number of ether oxygens (including phenoxy) is 2. The Hall–Kier alpha value is -0.740. The molecule has 19 heavy (non-hydrogen) atoms. The van der Waals surface area contributed by atoms with Crippen molar-refractivity contribution in [3.05, 3.63) is 22.2 Å². The molecule has 1 fully saturated rings. The summed E-state index contributed by atoms with van der Waals surface area (Å²) >= 11 is 3.50. The van der Waals surface area contributed by atoms with Gasteiger partial charge in [-0.2, -0.15) is 0 Å². The fourth-order valence-corrected chi connectivity index (χ4v) is 3.70. The normalized spacial score (nSPS) is 27.1. The first-order chi connectivity index (χ1) is 9.01. The summed E-state index contributed by atoms with van der Waals surface area (Å²) in [6.45, 7) is 2.19. The van der Waals surface area contributed by atoms with Gasteiger partial charge >= 0.3 is 0 Å². The van der Waals surface area contributed by atoms with Crippen molar-refractivity contribution in [3.8, 4) is 11.5 Å². The SMILES string of the molecule is COc1ccc(C2(O)CCCC(C)C2)c(OC)c1Br. The van der Waals surface area contributed by atoms with Crippen LogP contribution in [0.25, 0.3) is 0 Å². The quantitative estimate of drug-likeness (QED) is 0.915. The van der Waals surface area contributed by atoms with E-state index >= 15 is 0 Å². The highest BCUT2D eigenvalue weighted by Crippen LogP contribution is 2.47. The molecule has 2 atom stereocenters. The van der Waals surface area contributed by atoms with E-state index in [2.05, 4.69) is 22.9 Å². The zero-order chi connectivity index (χ0) is 14.0. The molecule has 0 spiro atoms. The lowest BCUT2D eigenvalue weighted by molar-refractivity contribution is -0.0197. The Bertz CT molecular complexity index is 461. The fourth-order valence-electron chi connectivity index (χ4n) is 3.03. The second-order valence-corrected chi connectivity index (χ2v) is 6.19. The van der Waals surface area contributed by atoms with E-state index in [4.69, 9.17) is 9.47 Å². The Kier molecular flexibility index (Phi) is 4.41. The number of benzene rings is 1. The van der Waals surface area contributed by atoms with E-state index < -0.39 is 5.60 Å². The van der Waals surface area contributed by atoms with Crippen LogP contribution in [0.3, 0.4) is 0 Å². The first kappa shape index (κ1) is 14.7. The van der Waals surface area contributed by atoms with Gasteiger partial charge in [0, 0.05) is 5.56 Å². The van der Waals surface area contributed by atoms with Crippen LogP contribution in [0.1, 0.15) is 38.2 Å². The Morgan fingerprint density at radius 1 is 1.32 bits per heavy atom. The van der Waals surface area contributed by atoms with Crippen LogP contribution < -0.4 is 9.47 Å². The summed E-state index contributed by atoms with van der Waals surface area (Å²) in [4.78, 5) is 0. The second kappa shape index (κ2) is 5.71. The lowest BCUT2D eigenvalue weighted by Gasteiger charge is -2.37. The molecule has 1 aromatic rings. The second-order valence-electron chi connectivity index (χ2n) is 5.40. The molecule has 2 rings (SSSR count). The van der Waals surface area contributed by atoms with E-state index in [9.17, 15) is 5.11 Å². The maximum atomic E-state index is 11.0. The van der Waals surface area contributed by atoms with Gasteiger partial charge in [0.25, 0.3) is 0 Å². The molecule has 1 saturated carbocycles. The first-order valence-electron chi connectivity index (χ1n) is 6.65. The molecule has 0 bridgehead atoms. The van der Waals surface area contributed by atoms with Crippen molar-refractivity contribution in [2.45, 2.75) is 38.2 Å². The standard InChI is InChI=1S/C15H21BrO3/c1-10-5-4-8-15(17,9-10)11-6-7-12(18-2)13(16)14(11)19-3/h6-7,10,17H,4-5,8-9H2,1-3H3. The molecule has 1 aliphatic rings. The highest BCUT2D eigenvalue weighted by atomic mass is 79.9. The summed E-state index contributed by atoms with van der Waals surface area (Å²) < 4.78 is 11.5. The van der Waals surface area contributed by atoms with Crippen molar-refractivity contribution in [3.63, 3.8) is 0 Å². The number of rotatable bonds is 3. The van der Waals surface area contributed by atoms with E-state index in [1.54, 1.807) is 14.2 Å². The molecular formula is C15H21BrO3. The van der Waals surface area contributed by atoms with E-state index in [0.717, 1.165) is 29.3 Å². The van der Waals surface area contributed by atoms with Gasteiger partial charge in [-0.25, -0.2) is 0 Å². The first-order valence-corrected chi connectivity index (χ1v) is 7.44. The summed E-state index contributed by atoms with van der Waals surface area (Å²) in [6.07, 6.45) is 3.79. The van der Waals surface area contributed by atoms with Gasteiger partial charge in [0.2, 0.25) is 0 Å². The molecule has 2 unspecified atom stereocenters. The monoisotopic (exact) mass is 328 g/mol. The third kappa shape index (κ3) is 2.75. The number of halogens is 1. The topological polar surface area (TPSA) is 38.7 Å². The van der Waals surface area contributed by atoms with Crippen molar-refractivity contribution in [1.29, 1.82) is 0 Å². The minimum absolute atomic E-state index is 0.532. The number of hydrogen-bond donors (Lipinski definition) is 1. The van der Waals surface area contributed by atoms with Crippen LogP contribution in [0, 0.1) is 5.92 Å². The molecular weight excluding hydrogens is 308 g/mol. The molecule has 4 heteroatoms. The van der Waals surface area contributed by atoms with Gasteiger partial charge in [0.05, 0.1) is 19.8 Å². The van der Waals surface area contributed by atoms with Gasteiger partial charge < -0.3 is 14.6 Å². The van der Waals surface area contributed by atoms with Crippen LogP contribution in [0.4, 0.5) is 0 Å². The van der Waals surface area contributed by atoms with E-state index in [-0.39, 0.29) is 0 Å². The van der Waals surface area contributed by atoms with Gasteiger partial charge in [0.1, 0.15) is 16.0 Å². The van der Waals surface area contributed by atoms with Crippen LogP contribution >= 0.6 is 15.9 Å². The average molecular weight is 329 g/mol. The van der Waals surface area contributed by atoms with E-state index in [1.165, 1.54) is 6.42 Å². The predicted molar refractivity (Wildman–Crippen MR) is 78.8 cm³/mol. The van der Waals surface area contributed by atoms with Gasteiger partial charge in [0.15, 0.2) is 0 Å². The smallest absolute Gasteiger partial charge is 0.142 e. The molecule has 3 nitrogen and oxygen atoms in total. The minimum Gasteiger partial charge on any atom is -0.495 e. The summed E-state index contributed by atoms with van der Waals surface area (Å²) in [5, 5.41) is 11.0. The molecule has 106 valence electrons. The highest BCUT2D eigenvalue weighted by molar-refractivity contribution is 9.10. The van der Waals surface area contributed by atoms with Gasteiger partial charge in [-0.1, -0.05) is 13.3 Å². The Balaban J connectivity index is 2.46. The van der Waals surface area contributed by atoms with Crippen LogP contribution in [-0.2, 0) is 5.60 Å². The molecule has 0 aliphatic heterocycles. The maximum Gasteiger partial charge on any atom is 0.142 e. The Labute approximate surface area is 123 Å². The average Bonchev–Trinajstić information content (AvgIpc) is 2.38. The van der Waals surface area contributed by atoms with Crippen molar-refractivity contribution in [2.24, 2.45) is 5.92 Å². The Morgan fingerprint density at radius 3 is 2.63 bits per heavy atom. The molecule has 1 aromatic carbocycles. The van der Waals surface area contributed by atoms with Crippen LogP contribution in [0.2, 0.25) is 0 Å². The number of aliphatic hydroxyl groups is 1. The molecule has 0 amide bonds. The molecule has 0 aromatic heterocycles. The highest BCUT2D eigenvalue weighted by Gasteiger charge is 2.37. The van der Waals surface area contributed by atoms with Gasteiger partial charge in [-0.15, -0.1) is 0 Å². The minimum atomic E-state index is -0.794. The molecule has 0 radical (unpaired) electrons. The van der Waals surface area contributed by atoms with E-state index in [0.29, 0.717) is 17.4 Å². The number of hydrogen-bond acceptors (Lipinski definition) is 3. The molecule has 1 aliphatic carbocycles. The lowest BCUT2D eigenvalue weighted by atomic mass is 9.75. The molecule has 0 heterocycles. The van der Waals surface area contributed by atoms with Crippen molar-refractivity contribution >= 4 is 15.9 Å². The predicted octanol–water partition coefficient (Wildman–Crippen LogP) is 3.86. The third-order valence-corrected chi connectivity index (χ3v) is 4.71. The fraction of sp³-hybridized carbons (Fsp3) is 0.600. The summed E-state index contributed by atoms with van der Waals surface area (Å²) in [5.74, 6) is 1.92. The van der Waals surface area contributed by atoms with Crippen molar-refractivity contribution in [2.75, 3.05) is 14.2 Å². The van der Waals surface area contributed by atoms with Gasteiger partial charge in [-0.3, -0.25) is 0 Å². The zero-order valence-electron chi connectivity index (χ0n) is 11.7. The molecule has 1 N–H and O–H groups in total. The van der Waals surface area contributed by atoms with Crippen LogP contribution in [0.15, 0.2) is 16.6 Å². The summed E-state index contributed by atoms with van der Waals surface area (Å²) in [6, 6.07) is 3.79. The van der Waals surface area contributed by atoms with Crippen LogP contribution in [0.5, 0.6) is 11.5 Å². The van der Waals surface area contributed by atoms with Crippen LogP contribution in [-0.4, -0.2) is 19.3 Å². The number of methoxy groups -OCH3 is 2. The van der Waals surface area contributed by atoms with Gasteiger partial charge in [-0.05, 0) is 53.2 Å². The third-order valence-electron chi connectivity index (χ3n) is 3.96. The Morgan fingerprint density at radius 2 is 2.05 bits per heavy atom. The maximum absolute atomic E-state index is 11.0. The largest absolute Gasteiger partial charge is 0.495 e.